The van der Waals surface area contributed by atoms with Gasteiger partial charge in [-0.05, 0) is 47.6 Å². The van der Waals surface area contributed by atoms with Crippen molar-refractivity contribution in [2.75, 3.05) is 0 Å². The maximum atomic E-state index is 13.3. The molecule has 2 aromatic carbocycles. The number of rotatable bonds is 3. The summed E-state index contributed by atoms with van der Waals surface area (Å²) in [7, 11) is 0. The summed E-state index contributed by atoms with van der Waals surface area (Å²) in [5.41, 5.74) is 5.72. The first kappa shape index (κ1) is 25.0. The molecule has 0 amide bonds. The number of nitrogens with zero attached hydrogens (tertiary/aromatic N) is 3. The van der Waals surface area contributed by atoms with E-state index in [9.17, 15) is 8.78 Å². The van der Waals surface area contributed by atoms with E-state index in [0.717, 1.165) is 34.0 Å². The zero-order valence-electron chi connectivity index (χ0n) is 18.2. The molecule has 0 spiro atoms. The summed E-state index contributed by atoms with van der Waals surface area (Å²) >= 11 is 0. The smallest absolute Gasteiger partial charge is 0.0446 e. The SMILES string of the molecule is Cc1cc(-c2[c-]c(F)cc(F)c2)ncc1-c1ccncc1.[Ir].[c-]1ccccc1-c1ccccn1. The van der Waals surface area contributed by atoms with Crippen molar-refractivity contribution in [3.8, 4) is 33.6 Å². The fourth-order valence-electron chi connectivity index (χ4n) is 3.25. The molecule has 1 radical (unpaired) electrons. The van der Waals surface area contributed by atoms with E-state index >= 15 is 0 Å². The van der Waals surface area contributed by atoms with Gasteiger partial charge in [0, 0.05) is 62.1 Å². The molecule has 0 aliphatic rings. The molecule has 3 aromatic heterocycles. The number of halogens is 2. The third-order valence-corrected chi connectivity index (χ3v) is 4.83. The average Bonchev–Trinajstić information content (AvgIpc) is 2.85. The van der Waals surface area contributed by atoms with Crippen molar-refractivity contribution in [3.05, 3.63) is 127 Å². The van der Waals surface area contributed by atoms with E-state index in [1.807, 2.05) is 61.5 Å². The Morgan fingerprint density at radius 3 is 2.21 bits per heavy atom. The maximum absolute atomic E-state index is 13.3. The van der Waals surface area contributed by atoms with Gasteiger partial charge in [0.1, 0.15) is 0 Å². The topological polar surface area (TPSA) is 38.7 Å². The van der Waals surface area contributed by atoms with Gasteiger partial charge in [0.25, 0.3) is 0 Å². The van der Waals surface area contributed by atoms with Gasteiger partial charge >= 0.3 is 0 Å². The number of hydrogen-bond acceptors (Lipinski definition) is 3. The Balaban J connectivity index is 0.000000212. The molecule has 0 atom stereocenters. The van der Waals surface area contributed by atoms with E-state index in [1.165, 1.54) is 6.07 Å². The van der Waals surface area contributed by atoms with Crippen LogP contribution >= 0.6 is 0 Å². The van der Waals surface area contributed by atoms with Crippen LogP contribution in [0.25, 0.3) is 33.6 Å². The minimum absolute atomic E-state index is 0. The van der Waals surface area contributed by atoms with Crippen LogP contribution in [0.1, 0.15) is 5.56 Å². The second-order valence-electron chi connectivity index (χ2n) is 7.17. The van der Waals surface area contributed by atoms with Gasteiger partial charge in [0.05, 0.1) is 0 Å². The molecule has 0 N–H and O–H groups in total. The second kappa shape index (κ2) is 12.0. The van der Waals surface area contributed by atoms with E-state index in [1.54, 1.807) is 30.9 Å². The van der Waals surface area contributed by atoms with Crippen molar-refractivity contribution in [1.29, 1.82) is 0 Å². The van der Waals surface area contributed by atoms with Crippen LogP contribution in [0.2, 0.25) is 0 Å². The Labute approximate surface area is 210 Å². The van der Waals surface area contributed by atoms with Crippen LogP contribution in [-0.2, 0) is 20.1 Å². The van der Waals surface area contributed by atoms with E-state index in [0.29, 0.717) is 11.3 Å². The van der Waals surface area contributed by atoms with Crippen molar-refractivity contribution in [1.82, 2.24) is 15.0 Å². The molecule has 171 valence electrons. The molecule has 0 unspecified atom stereocenters. The normalized spacial score (nSPS) is 9.97. The predicted octanol–water partition coefficient (Wildman–Crippen LogP) is 6.74. The number of pyridine rings is 3. The Hall–Kier alpha value is -3.60. The monoisotopic (exact) mass is 628 g/mol. The number of aryl methyl sites for hydroxylation is 1. The van der Waals surface area contributed by atoms with Gasteiger partial charge < -0.3 is 9.97 Å². The molecule has 3 nitrogen and oxygen atoms in total. The fraction of sp³-hybridized carbons (Fsp3) is 0.0357. The summed E-state index contributed by atoms with van der Waals surface area (Å²) in [5.74, 6) is -1.37. The quantitative estimate of drug-likeness (QED) is 0.208. The van der Waals surface area contributed by atoms with Gasteiger partial charge in [-0.15, -0.1) is 53.6 Å². The molecule has 5 rings (SSSR count). The summed E-state index contributed by atoms with van der Waals surface area (Å²) < 4.78 is 26.5. The zero-order valence-corrected chi connectivity index (χ0v) is 20.6. The van der Waals surface area contributed by atoms with Gasteiger partial charge in [-0.3, -0.25) is 4.98 Å². The van der Waals surface area contributed by atoms with Crippen LogP contribution in [0.5, 0.6) is 0 Å². The van der Waals surface area contributed by atoms with Crippen LogP contribution in [0.4, 0.5) is 8.78 Å². The second-order valence-corrected chi connectivity index (χ2v) is 7.17. The fourth-order valence-corrected chi connectivity index (χ4v) is 3.25. The maximum Gasteiger partial charge on any atom is 0.0446 e. The molecule has 0 aliphatic heterocycles. The molecule has 0 fully saturated rings. The molecule has 0 aliphatic carbocycles. The van der Waals surface area contributed by atoms with Crippen LogP contribution < -0.4 is 0 Å². The van der Waals surface area contributed by atoms with Crippen molar-refractivity contribution >= 4 is 0 Å². The Morgan fingerprint density at radius 1 is 0.765 bits per heavy atom. The van der Waals surface area contributed by atoms with E-state index in [2.05, 4.69) is 27.1 Å². The van der Waals surface area contributed by atoms with E-state index < -0.39 is 11.6 Å². The zero-order chi connectivity index (χ0) is 23.0. The number of aromatic nitrogens is 3. The molecule has 6 heteroatoms. The first-order valence-corrected chi connectivity index (χ1v) is 10.2. The van der Waals surface area contributed by atoms with Crippen molar-refractivity contribution in [3.63, 3.8) is 0 Å². The molecule has 5 aromatic rings. The van der Waals surface area contributed by atoms with E-state index in [4.69, 9.17) is 0 Å². The Morgan fingerprint density at radius 2 is 1.56 bits per heavy atom. The summed E-state index contributed by atoms with van der Waals surface area (Å²) in [4.78, 5) is 12.5. The van der Waals surface area contributed by atoms with Gasteiger partial charge in [0.15, 0.2) is 0 Å². The molecule has 0 saturated carbocycles. The van der Waals surface area contributed by atoms with Gasteiger partial charge in [0.2, 0.25) is 0 Å². The van der Waals surface area contributed by atoms with Crippen molar-refractivity contribution in [2.24, 2.45) is 0 Å². The summed E-state index contributed by atoms with van der Waals surface area (Å²) in [6.07, 6.45) is 6.89. The molecule has 0 bridgehead atoms. The minimum Gasteiger partial charge on any atom is -0.305 e. The van der Waals surface area contributed by atoms with Crippen LogP contribution in [0.15, 0.2) is 97.6 Å². The van der Waals surface area contributed by atoms with Crippen molar-refractivity contribution < 1.29 is 28.9 Å². The van der Waals surface area contributed by atoms with E-state index in [-0.39, 0.29) is 20.1 Å². The third kappa shape index (κ3) is 6.47. The average molecular weight is 628 g/mol. The van der Waals surface area contributed by atoms with Gasteiger partial charge in [-0.1, -0.05) is 24.3 Å². The molecule has 34 heavy (non-hydrogen) atoms. The Bertz CT molecular complexity index is 1270. The number of hydrogen-bond donors (Lipinski definition) is 0. The Kier molecular flexibility index (Phi) is 8.86. The first-order chi connectivity index (χ1) is 16.1. The van der Waals surface area contributed by atoms with Crippen LogP contribution in [-0.4, -0.2) is 15.0 Å². The molecular weight excluding hydrogens is 609 g/mol. The van der Waals surface area contributed by atoms with Crippen molar-refractivity contribution in [2.45, 2.75) is 6.92 Å². The summed E-state index contributed by atoms with van der Waals surface area (Å²) in [5, 5.41) is 0. The largest absolute Gasteiger partial charge is 0.305 e. The minimum atomic E-state index is -0.734. The summed E-state index contributed by atoms with van der Waals surface area (Å²) in [6.45, 7) is 1.93. The first-order valence-electron chi connectivity index (χ1n) is 10.2. The molecule has 3 heterocycles. The summed E-state index contributed by atoms with van der Waals surface area (Å²) in [6, 6.07) is 26.9. The van der Waals surface area contributed by atoms with Gasteiger partial charge in [-0.25, -0.2) is 8.78 Å². The van der Waals surface area contributed by atoms with Crippen LogP contribution in [0, 0.1) is 30.7 Å². The van der Waals surface area contributed by atoms with Gasteiger partial charge in [-0.2, -0.15) is 0 Å². The third-order valence-electron chi connectivity index (χ3n) is 4.83. The number of benzene rings is 2. The predicted molar refractivity (Wildman–Crippen MR) is 125 cm³/mol. The standard InChI is InChI=1S/C17H11F2N2.C11H8N.Ir/c1-11-6-17(13-7-14(18)9-15(19)8-13)21-10-16(11)12-2-4-20-5-3-12;1-2-6-10(7-3-1)11-8-4-5-9-12-11;/h2-7,9-10H,1H3;1-6,8-9H;/q2*-1;. The van der Waals surface area contributed by atoms with Crippen LogP contribution in [0.3, 0.4) is 0 Å². The molecular formula is C28H19F2IrN3-2. The molecule has 0 saturated heterocycles.